The Morgan fingerprint density at radius 3 is 2.47 bits per heavy atom. The maximum Gasteiger partial charge on any atom is 0.120 e. The van der Waals surface area contributed by atoms with Crippen LogP contribution in [-0.4, -0.2) is 7.11 Å². The number of benzene rings is 1. The third-order valence-electron chi connectivity index (χ3n) is 2.76. The van der Waals surface area contributed by atoms with Crippen LogP contribution in [0.25, 0.3) is 0 Å². The molecule has 2 nitrogen and oxygen atoms in total. The Hall–Kier alpha value is -1.22. The van der Waals surface area contributed by atoms with Gasteiger partial charge in [0.25, 0.3) is 0 Å². The van der Waals surface area contributed by atoms with Crippen molar-refractivity contribution in [3.63, 3.8) is 0 Å². The van der Waals surface area contributed by atoms with Crippen molar-refractivity contribution in [3.05, 3.63) is 53.5 Å². The summed E-state index contributed by atoms with van der Waals surface area (Å²) >= 11 is 3.66. The van der Waals surface area contributed by atoms with E-state index in [0.717, 1.165) is 17.9 Å². The molecule has 90 valence electrons. The van der Waals surface area contributed by atoms with Crippen LogP contribution in [0.3, 0.4) is 0 Å². The van der Waals surface area contributed by atoms with Gasteiger partial charge < -0.3 is 9.15 Å². The Bertz CT molecular complexity index is 473. The van der Waals surface area contributed by atoms with Crippen LogP contribution < -0.4 is 4.74 Å². The standard InChI is InChI=1S/C14H15BrO2/c1-10-7-8-17-14(10)13(15)9-11-3-5-12(16-2)6-4-11/h3-8,13H,9H2,1-2H3. The normalized spacial score (nSPS) is 12.4. The molecule has 0 aliphatic heterocycles. The highest BCUT2D eigenvalue weighted by Crippen LogP contribution is 2.30. The highest BCUT2D eigenvalue weighted by Gasteiger charge is 2.14. The number of hydrogen-bond donors (Lipinski definition) is 0. The summed E-state index contributed by atoms with van der Waals surface area (Å²) in [6, 6.07) is 10.1. The summed E-state index contributed by atoms with van der Waals surface area (Å²) in [5, 5.41) is 0. The van der Waals surface area contributed by atoms with Crippen LogP contribution in [0.4, 0.5) is 0 Å². The van der Waals surface area contributed by atoms with E-state index < -0.39 is 0 Å². The fraction of sp³-hybridized carbons (Fsp3) is 0.286. The average Bonchev–Trinajstić information content (AvgIpc) is 2.76. The number of aryl methyl sites for hydroxylation is 1. The van der Waals surface area contributed by atoms with Crippen LogP contribution in [0, 0.1) is 6.92 Å². The van der Waals surface area contributed by atoms with Gasteiger partial charge in [-0.2, -0.15) is 0 Å². The summed E-state index contributed by atoms with van der Waals surface area (Å²) in [6.45, 7) is 2.06. The molecule has 0 spiro atoms. The Balaban J connectivity index is 2.07. The van der Waals surface area contributed by atoms with Gasteiger partial charge in [-0.05, 0) is 42.7 Å². The van der Waals surface area contributed by atoms with Crippen LogP contribution >= 0.6 is 15.9 Å². The van der Waals surface area contributed by atoms with Crippen molar-refractivity contribution in [2.75, 3.05) is 7.11 Å². The molecule has 0 saturated heterocycles. The summed E-state index contributed by atoms with van der Waals surface area (Å²) < 4.78 is 10.6. The minimum atomic E-state index is 0.214. The van der Waals surface area contributed by atoms with Crippen molar-refractivity contribution in [2.24, 2.45) is 0 Å². The first-order chi connectivity index (χ1) is 8.20. The highest BCUT2D eigenvalue weighted by molar-refractivity contribution is 9.09. The molecule has 1 heterocycles. The zero-order chi connectivity index (χ0) is 12.3. The highest BCUT2D eigenvalue weighted by atomic mass is 79.9. The van der Waals surface area contributed by atoms with E-state index in [1.807, 2.05) is 18.2 Å². The third kappa shape index (κ3) is 2.91. The molecular formula is C14H15BrO2. The van der Waals surface area contributed by atoms with Gasteiger partial charge in [0.15, 0.2) is 0 Å². The van der Waals surface area contributed by atoms with E-state index in [1.165, 1.54) is 11.1 Å². The average molecular weight is 295 g/mol. The van der Waals surface area contributed by atoms with Crippen molar-refractivity contribution >= 4 is 15.9 Å². The van der Waals surface area contributed by atoms with Gasteiger partial charge in [0.1, 0.15) is 11.5 Å². The zero-order valence-corrected chi connectivity index (χ0v) is 11.5. The first-order valence-electron chi connectivity index (χ1n) is 5.51. The van der Waals surface area contributed by atoms with Crippen molar-refractivity contribution < 1.29 is 9.15 Å². The van der Waals surface area contributed by atoms with Gasteiger partial charge in [-0.1, -0.05) is 28.1 Å². The van der Waals surface area contributed by atoms with E-state index in [2.05, 4.69) is 35.0 Å². The van der Waals surface area contributed by atoms with Crippen LogP contribution in [-0.2, 0) is 6.42 Å². The summed E-state index contributed by atoms with van der Waals surface area (Å²) in [5.41, 5.74) is 2.43. The van der Waals surface area contributed by atoms with Crippen molar-refractivity contribution in [2.45, 2.75) is 18.2 Å². The van der Waals surface area contributed by atoms with Gasteiger partial charge in [0.05, 0.1) is 18.2 Å². The smallest absolute Gasteiger partial charge is 0.120 e. The van der Waals surface area contributed by atoms with Gasteiger partial charge >= 0.3 is 0 Å². The number of ether oxygens (including phenoxy) is 1. The number of alkyl halides is 1. The van der Waals surface area contributed by atoms with Crippen LogP contribution in [0.15, 0.2) is 41.0 Å². The maximum atomic E-state index is 5.47. The van der Waals surface area contributed by atoms with E-state index in [9.17, 15) is 0 Å². The Morgan fingerprint density at radius 2 is 1.94 bits per heavy atom. The second-order valence-electron chi connectivity index (χ2n) is 3.99. The van der Waals surface area contributed by atoms with Crippen molar-refractivity contribution in [3.8, 4) is 5.75 Å². The van der Waals surface area contributed by atoms with Gasteiger partial charge in [-0.25, -0.2) is 0 Å². The van der Waals surface area contributed by atoms with Gasteiger partial charge in [-0.15, -0.1) is 0 Å². The Kier molecular flexibility index (Phi) is 3.89. The Morgan fingerprint density at radius 1 is 1.24 bits per heavy atom. The fourth-order valence-electron chi connectivity index (χ4n) is 1.77. The van der Waals surface area contributed by atoms with Gasteiger partial charge in [0, 0.05) is 0 Å². The van der Waals surface area contributed by atoms with E-state index in [1.54, 1.807) is 13.4 Å². The van der Waals surface area contributed by atoms with E-state index in [0.29, 0.717) is 0 Å². The zero-order valence-electron chi connectivity index (χ0n) is 9.94. The van der Waals surface area contributed by atoms with E-state index >= 15 is 0 Å². The van der Waals surface area contributed by atoms with E-state index in [-0.39, 0.29) is 4.83 Å². The molecule has 1 aromatic heterocycles. The largest absolute Gasteiger partial charge is 0.497 e. The molecule has 0 saturated carbocycles. The van der Waals surface area contributed by atoms with Crippen LogP contribution in [0.2, 0.25) is 0 Å². The second-order valence-corrected chi connectivity index (χ2v) is 5.09. The molecule has 1 unspecified atom stereocenters. The molecule has 0 bridgehead atoms. The number of halogens is 1. The molecule has 1 atom stereocenters. The molecule has 0 amide bonds. The number of rotatable bonds is 4. The molecule has 17 heavy (non-hydrogen) atoms. The predicted molar refractivity (Wildman–Crippen MR) is 71.8 cm³/mol. The molecule has 0 aliphatic rings. The van der Waals surface area contributed by atoms with E-state index in [4.69, 9.17) is 9.15 Å². The molecule has 1 aromatic carbocycles. The topological polar surface area (TPSA) is 22.4 Å². The SMILES string of the molecule is COc1ccc(CC(Br)c2occc2C)cc1. The number of furan rings is 1. The fourth-order valence-corrected chi connectivity index (χ4v) is 2.61. The molecule has 0 N–H and O–H groups in total. The first kappa shape index (κ1) is 12.2. The summed E-state index contributed by atoms with van der Waals surface area (Å²) in [5.74, 6) is 1.88. The van der Waals surface area contributed by atoms with Crippen LogP contribution in [0.1, 0.15) is 21.7 Å². The number of methoxy groups -OCH3 is 1. The molecule has 2 rings (SSSR count). The molecule has 3 heteroatoms. The Labute approximate surface area is 110 Å². The summed E-state index contributed by atoms with van der Waals surface area (Å²) in [7, 11) is 1.68. The predicted octanol–water partition coefficient (Wildman–Crippen LogP) is 4.28. The summed E-state index contributed by atoms with van der Waals surface area (Å²) in [6.07, 6.45) is 2.63. The lowest BCUT2D eigenvalue weighted by molar-refractivity contribution is 0.414. The third-order valence-corrected chi connectivity index (χ3v) is 3.50. The monoisotopic (exact) mass is 294 g/mol. The quantitative estimate of drug-likeness (QED) is 0.786. The lowest BCUT2D eigenvalue weighted by Crippen LogP contribution is -1.95. The molecular weight excluding hydrogens is 280 g/mol. The molecule has 0 radical (unpaired) electrons. The lowest BCUT2D eigenvalue weighted by Gasteiger charge is -2.09. The molecule has 2 aromatic rings. The van der Waals surface area contributed by atoms with Crippen molar-refractivity contribution in [1.29, 1.82) is 0 Å². The summed E-state index contributed by atoms with van der Waals surface area (Å²) in [4.78, 5) is 0.214. The lowest BCUT2D eigenvalue weighted by atomic mass is 10.1. The second kappa shape index (κ2) is 5.41. The minimum absolute atomic E-state index is 0.214. The first-order valence-corrected chi connectivity index (χ1v) is 6.43. The van der Waals surface area contributed by atoms with Gasteiger partial charge in [-0.3, -0.25) is 0 Å². The molecule has 0 fully saturated rings. The molecule has 0 aliphatic carbocycles. The number of hydrogen-bond acceptors (Lipinski definition) is 2. The maximum absolute atomic E-state index is 5.47. The minimum Gasteiger partial charge on any atom is -0.497 e. The van der Waals surface area contributed by atoms with Gasteiger partial charge in [0.2, 0.25) is 0 Å². The van der Waals surface area contributed by atoms with Crippen molar-refractivity contribution in [1.82, 2.24) is 0 Å². The van der Waals surface area contributed by atoms with Crippen LogP contribution in [0.5, 0.6) is 5.75 Å².